The van der Waals surface area contributed by atoms with Crippen LogP contribution < -0.4 is 5.32 Å². The van der Waals surface area contributed by atoms with E-state index in [9.17, 15) is 9.90 Å². The van der Waals surface area contributed by atoms with E-state index in [1.807, 2.05) is 7.05 Å². The lowest BCUT2D eigenvalue weighted by molar-refractivity contribution is 0.0519. The third-order valence-corrected chi connectivity index (χ3v) is 5.68. The Hall–Kier alpha value is -0.910. The van der Waals surface area contributed by atoms with Crippen LogP contribution in [0.15, 0.2) is 6.07 Å². The van der Waals surface area contributed by atoms with Gasteiger partial charge in [-0.1, -0.05) is 30.1 Å². The highest BCUT2D eigenvalue weighted by molar-refractivity contribution is 6.41. The van der Waals surface area contributed by atoms with Gasteiger partial charge in [-0.2, -0.15) is 0 Å². The molecular weight excluding hydrogens is 325 g/mol. The van der Waals surface area contributed by atoms with E-state index in [2.05, 4.69) is 12.2 Å². The number of aromatic nitrogens is 1. The minimum atomic E-state index is -0.0870. The van der Waals surface area contributed by atoms with Crippen LogP contribution in [-0.4, -0.2) is 40.3 Å². The molecule has 124 valence electrons. The van der Waals surface area contributed by atoms with Gasteiger partial charge in [0.05, 0.1) is 11.6 Å². The number of amides is 2. The van der Waals surface area contributed by atoms with Gasteiger partial charge in [0.1, 0.15) is 5.15 Å². The lowest BCUT2D eigenvalue weighted by atomic mass is 9.77. The average Bonchev–Trinajstić information content (AvgIpc) is 2.79. The first-order valence-electron chi connectivity index (χ1n) is 7.55. The van der Waals surface area contributed by atoms with E-state index in [1.54, 1.807) is 15.5 Å². The molecule has 2 heterocycles. The van der Waals surface area contributed by atoms with Crippen LogP contribution in [0.2, 0.25) is 10.2 Å². The molecule has 2 N–H and O–H groups in total. The maximum atomic E-state index is 12.2. The SMILES string of the molecule is CCC1(CO)CCN(C(=O)NCc2cc(Cl)c(Cl)n2C)CC1. The smallest absolute Gasteiger partial charge is 0.317 e. The number of likely N-dealkylation sites (tertiary alicyclic amines) is 1. The molecule has 22 heavy (non-hydrogen) atoms. The third-order valence-electron chi connectivity index (χ3n) is 4.83. The molecule has 1 aromatic heterocycles. The first-order valence-corrected chi connectivity index (χ1v) is 8.31. The van der Waals surface area contributed by atoms with Crippen molar-refractivity contribution in [1.82, 2.24) is 14.8 Å². The van der Waals surface area contributed by atoms with Crippen LogP contribution in [0.1, 0.15) is 31.9 Å². The topological polar surface area (TPSA) is 57.5 Å². The molecule has 1 aliphatic heterocycles. The van der Waals surface area contributed by atoms with Gasteiger partial charge >= 0.3 is 6.03 Å². The molecule has 0 unspecified atom stereocenters. The quantitative estimate of drug-likeness (QED) is 0.879. The van der Waals surface area contributed by atoms with Crippen molar-refractivity contribution in [2.75, 3.05) is 19.7 Å². The van der Waals surface area contributed by atoms with Gasteiger partial charge in [0.2, 0.25) is 0 Å². The molecule has 0 saturated carbocycles. The van der Waals surface area contributed by atoms with Crippen LogP contribution in [0, 0.1) is 5.41 Å². The number of halogens is 2. The minimum Gasteiger partial charge on any atom is -0.396 e. The van der Waals surface area contributed by atoms with E-state index in [-0.39, 0.29) is 18.1 Å². The lowest BCUT2D eigenvalue weighted by Crippen LogP contribution is -2.48. The zero-order valence-corrected chi connectivity index (χ0v) is 14.5. The fourth-order valence-electron chi connectivity index (χ4n) is 2.84. The Labute approximate surface area is 141 Å². The summed E-state index contributed by atoms with van der Waals surface area (Å²) in [5.41, 5.74) is 0.842. The Morgan fingerprint density at radius 1 is 1.41 bits per heavy atom. The van der Waals surface area contributed by atoms with Gasteiger partial charge in [-0.15, -0.1) is 0 Å². The molecule has 2 rings (SSSR count). The number of urea groups is 1. The molecule has 7 heteroatoms. The van der Waals surface area contributed by atoms with E-state index in [4.69, 9.17) is 23.2 Å². The highest BCUT2D eigenvalue weighted by Gasteiger charge is 2.33. The maximum Gasteiger partial charge on any atom is 0.317 e. The summed E-state index contributed by atoms with van der Waals surface area (Å²) in [6.45, 7) is 4.02. The summed E-state index contributed by atoms with van der Waals surface area (Å²) < 4.78 is 1.76. The maximum absolute atomic E-state index is 12.2. The van der Waals surface area contributed by atoms with Gasteiger partial charge in [0.25, 0.3) is 0 Å². The summed E-state index contributed by atoms with van der Waals surface area (Å²) in [6, 6.07) is 1.67. The molecule has 0 aromatic carbocycles. The van der Waals surface area contributed by atoms with Gasteiger partial charge in [-0.3, -0.25) is 0 Å². The summed E-state index contributed by atoms with van der Waals surface area (Å²) >= 11 is 12.0. The summed E-state index contributed by atoms with van der Waals surface area (Å²) in [4.78, 5) is 14.0. The highest BCUT2D eigenvalue weighted by atomic mass is 35.5. The number of aliphatic hydroxyl groups is 1. The molecule has 0 aliphatic carbocycles. The number of piperidine rings is 1. The predicted molar refractivity (Wildman–Crippen MR) is 88.3 cm³/mol. The summed E-state index contributed by atoms with van der Waals surface area (Å²) in [5, 5.41) is 13.4. The van der Waals surface area contributed by atoms with Crippen molar-refractivity contribution in [3.63, 3.8) is 0 Å². The Morgan fingerprint density at radius 3 is 2.50 bits per heavy atom. The third kappa shape index (κ3) is 3.53. The standard InChI is InChI=1S/C15H23Cl2N3O2/c1-3-15(10-21)4-6-20(7-5-15)14(22)18-9-11-8-12(16)13(17)19(11)2/h8,21H,3-7,9-10H2,1-2H3,(H,18,22). The van der Waals surface area contributed by atoms with Crippen molar-refractivity contribution in [2.24, 2.45) is 12.5 Å². The van der Waals surface area contributed by atoms with Gasteiger partial charge in [0.15, 0.2) is 0 Å². The van der Waals surface area contributed by atoms with E-state index >= 15 is 0 Å². The number of nitrogens with one attached hydrogen (secondary N) is 1. The molecule has 0 radical (unpaired) electrons. The van der Waals surface area contributed by atoms with Crippen molar-refractivity contribution in [1.29, 1.82) is 0 Å². The summed E-state index contributed by atoms with van der Waals surface area (Å²) in [7, 11) is 1.81. The molecule has 1 aromatic rings. The molecule has 0 spiro atoms. The number of hydrogen-bond acceptors (Lipinski definition) is 2. The Kier molecular flexibility index (Phi) is 5.64. The molecule has 2 amide bonds. The lowest BCUT2D eigenvalue weighted by Gasteiger charge is -2.40. The number of nitrogens with zero attached hydrogens (tertiary/aromatic N) is 2. The summed E-state index contributed by atoms with van der Waals surface area (Å²) in [6.07, 6.45) is 2.63. The summed E-state index contributed by atoms with van der Waals surface area (Å²) in [5.74, 6) is 0. The molecule has 5 nitrogen and oxygen atoms in total. The highest BCUT2D eigenvalue weighted by Crippen LogP contribution is 2.34. The fourth-order valence-corrected chi connectivity index (χ4v) is 3.26. The van der Waals surface area contributed by atoms with Crippen LogP contribution in [-0.2, 0) is 13.6 Å². The van der Waals surface area contributed by atoms with Gasteiger partial charge in [-0.25, -0.2) is 4.79 Å². The normalized spacial score (nSPS) is 17.6. The zero-order valence-electron chi connectivity index (χ0n) is 13.0. The van der Waals surface area contributed by atoms with Gasteiger partial charge < -0.3 is 19.9 Å². The Bertz CT molecular complexity index is 531. The van der Waals surface area contributed by atoms with Gasteiger partial charge in [-0.05, 0) is 30.7 Å². The largest absolute Gasteiger partial charge is 0.396 e. The number of rotatable bonds is 4. The first-order chi connectivity index (χ1) is 10.4. The van der Waals surface area contributed by atoms with E-state index < -0.39 is 0 Å². The molecule has 1 aliphatic rings. The van der Waals surface area contributed by atoms with Crippen LogP contribution in [0.3, 0.4) is 0 Å². The van der Waals surface area contributed by atoms with Gasteiger partial charge in [0, 0.05) is 32.4 Å². The molecular formula is C15H23Cl2N3O2. The van der Waals surface area contributed by atoms with Crippen LogP contribution >= 0.6 is 23.2 Å². The van der Waals surface area contributed by atoms with E-state index in [0.29, 0.717) is 29.8 Å². The van der Waals surface area contributed by atoms with Crippen molar-refractivity contribution >= 4 is 29.2 Å². The zero-order chi connectivity index (χ0) is 16.3. The molecule has 1 fully saturated rings. The van der Waals surface area contributed by atoms with Crippen LogP contribution in [0.4, 0.5) is 4.79 Å². The number of hydrogen-bond donors (Lipinski definition) is 2. The second kappa shape index (κ2) is 7.11. The second-order valence-electron chi connectivity index (χ2n) is 5.99. The average molecular weight is 348 g/mol. The van der Waals surface area contributed by atoms with Crippen LogP contribution in [0.5, 0.6) is 0 Å². The molecule has 0 bridgehead atoms. The number of carbonyl (C=O) groups excluding carboxylic acids is 1. The monoisotopic (exact) mass is 347 g/mol. The van der Waals surface area contributed by atoms with Crippen molar-refractivity contribution < 1.29 is 9.90 Å². The van der Waals surface area contributed by atoms with E-state index in [0.717, 1.165) is 25.0 Å². The fraction of sp³-hybridized carbons (Fsp3) is 0.667. The van der Waals surface area contributed by atoms with Crippen LogP contribution in [0.25, 0.3) is 0 Å². The first kappa shape index (κ1) is 17.4. The molecule has 0 atom stereocenters. The molecule has 1 saturated heterocycles. The van der Waals surface area contributed by atoms with Crippen molar-refractivity contribution in [3.8, 4) is 0 Å². The predicted octanol–water partition coefficient (Wildman–Crippen LogP) is 3.03. The van der Waals surface area contributed by atoms with Crippen molar-refractivity contribution in [3.05, 3.63) is 21.9 Å². The van der Waals surface area contributed by atoms with Crippen molar-refractivity contribution in [2.45, 2.75) is 32.7 Å². The minimum absolute atomic E-state index is 0.0179. The number of carbonyl (C=O) groups is 1. The second-order valence-corrected chi connectivity index (χ2v) is 6.76. The number of aliphatic hydroxyl groups excluding tert-OH is 1. The Morgan fingerprint density at radius 2 is 2.05 bits per heavy atom. The Balaban J connectivity index is 1.87. The van der Waals surface area contributed by atoms with E-state index in [1.165, 1.54) is 0 Å².